The van der Waals surface area contributed by atoms with Gasteiger partial charge in [0, 0.05) is 70.5 Å². The van der Waals surface area contributed by atoms with Crippen LogP contribution in [0.2, 0.25) is 0 Å². The van der Waals surface area contributed by atoms with E-state index >= 15 is 0 Å². The smallest absolute Gasteiger partial charge is 0.253 e. The van der Waals surface area contributed by atoms with Gasteiger partial charge in [0.25, 0.3) is 5.91 Å². The van der Waals surface area contributed by atoms with E-state index in [0.717, 1.165) is 18.7 Å². The van der Waals surface area contributed by atoms with Crippen molar-refractivity contribution in [1.82, 2.24) is 19.4 Å². The molecule has 4 heterocycles. The Kier molecular flexibility index (Phi) is 5.92. The van der Waals surface area contributed by atoms with Crippen LogP contribution in [0.25, 0.3) is 0 Å². The fraction of sp³-hybridized carbons (Fsp3) is 0.762. The van der Waals surface area contributed by atoms with Gasteiger partial charge in [0.05, 0.1) is 6.54 Å². The van der Waals surface area contributed by atoms with Crippen molar-refractivity contribution in [3.05, 3.63) is 18.2 Å². The highest BCUT2D eigenvalue weighted by Gasteiger charge is 2.48. The van der Waals surface area contributed by atoms with Crippen molar-refractivity contribution >= 4 is 11.8 Å². The van der Waals surface area contributed by atoms with Crippen LogP contribution < -0.4 is 0 Å². The van der Waals surface area contributed by atoms with E-state index in [9.17, 15) is 9.59 Å². The van der Waals surface area contributed by atoms with E-state index in [1.807, 2.05) is 29.8 Å². The molecule has 2 saturated heterocycles. The second-order valence-electron chi connectivity index (χ2n) is 8.23. The molecule has 1 aromatic rings. The maximum atomic E-state index is 13.0. The van der Waals surface area contributed by atoms with Crippen molar-refractivity contribution in [3.8, 4) is 0 Å². The first-order valence-corrected chi connectivity index (χ1v) is 10.9. The third-order valence-corrected chi connectivity index (χ3v) is 6.66. The van der Waals surface area contributed by atoms with Crippen molar-refractivity contribution in [3.63, 3.8) is 0 Å². The number of likely N-dealkylation sites (N-methyl/N-ethyl adjacent to an activating group) is 1. The molecule has 0 saturated carbocycles. The summed E-state index contributed by atoms with van der Waals surface area (Å²) in [5, 5.41) is 0. The molecular weight excluding hydrogens is 372 g/mol. The van der Waals surface area contributed by atoms with Crippen LogP contribution in [0.1, 0.15) is 45.4 Å². The number of ether oxygens (including phenoxy) is 2. The average molecular weight is 405 g/mol. The van der Waals surface area contributed by atoms with E-state index in [1.54, 1.807) is 6.20 Å². The molecule has 3 aliphatic rings. The Hall–Kier alpha value is -1.93. The monoisotopic (exact) mass is 404 g/mol. The van der Waals surface area contributed by atoms with Crippen molar-refractivity contribution in [2.24, 2.45) is 5.92 Å². The Balaban J connectivity index is 1.48. The summed E-state index contributed by atoms with van der Waals surface area (Å²) in [5.74, 6) is 1.23. The van der Waals surface area contributed by atoms with Crippen LogP contribution in [-0.2, 0) is 31.2 Å². The van der Waals surface area contributed by atoms with Crippen molar-refractivity contribution in [2.75, 3.05) is 39.4 Å². The van der Waals surface area contributed by atoms with E-state index in [-0.39, 0.29) is 17.7 Å². The van der Waals surface area contributed by atoms with Gasteiger partial charge in [-0.15, -0.1) is 0 Å². The molecule has 0 N–H and O–H groups in total. The van der Waals surface area contributed by atoms with Gasteiger partial charge in [-0.05, 0) is 26.7 Å². The average Bonchev–Trinajstić information content (AvgIpc) is 3.25. The zero-order valence-electron chi connectivity index (χ0n) is 17.5. The number of hydrogen-bond acceptors (Lipinski definition) is 5. The summed E-state index contributed by atoms with van der Waals surface area (Å²) in [6, 6.07) is 0. The highest BCUT2D eigenvalue weighted by molar-refractivity contribution is 5.81. The number of aromatic nitrogens is 2. The number of carbonyl (C=O) groups is 2. The second-order valence-corrected chi connectivity index (χ2v) is 8.23. The number of carbonyl (C=O) groups excluding carboxylic acids is 2. The Bertz CT molecular complexity index is 731. The zero-order valence-corrected chi connectivity index (χ0v) is 17.5. The predicted molar refractivity (Wildman–Crippen MR) is 106 cm³/mol. The molecule has 1 aromatic heterocycles. The van der Waals surface area contributed by atoms with Crippen LogP contribution in [0.3, 0.4) is 0 Å². The van der Waals surface area contributed by atoms with Gasteiger partial charge in [-0.25, -0.2) is 4.98 Å². The lowest BCUT2D eigenvalue weighted by atomic mass is 9.87. The van der Waals surface area contributed by atoms with Gasteiger partial charge in [-0.2, -0.15) is 0 Å². The number of rotatable bonds is 4. The Morgan fingerprint density at radius 2 is 1.90 bits per heavy atom. The Morgan fingerprint density at radius 1 is 1.21 bits per heavy atom. The summed E-state index contributed by atoms with van der Waals surface area (Å²) >= 11 is 0. The first kappa shape index (κ1) is 20.3. The van der Waals surface area contributed by atoms with E-state index in [2.05, 4.69) is 9.55 Å². The molecule has 8 nitrogen and oxygen atoms in total. The fourth-order valence-corrected chi connectivity index (χ4v) is 4.90. The van der Waals surface area contributed by atoms with Crippen LogP contribution in [0.15, 0.2) is 12.4 Å². The van der Waals surface area contributed by atoms with Crippen molar-refractivity contribution in [2.45, 2.75) is 57.8 Å². The molecule has 1 unspecified atom stereocenters. The normalized spacial score (nSPS) is 24.3. The molecule has 2 fully saturated rings. The zero-order chi connectivity index (χ0) is 20.4. The van der Waals surface area contributed by atoms with Gasteiger partial charge >= 0.3 is 0 Å². The van der Waals surface area contributed by atoms with Crippen molar-refractivity contribution in [1.29, 1.82) is 0 Å². The third kappa shape index (κ3) is 3.80. The number of hydrogen-bond donors (Lipinski definition) is 0. The molecule has 8 heteroatoms. The minimum Gasteiger partial charge on any atom is -0.381 e. The number of fused-ring (bicyclic) bond motifs is 2. The fourth-order valence-electron chi connectivity index (χ4n) is 4.90. The van der Waals surface area contributed by atoms with Crippen LogP contribution in [0.5, 0.6) is 0 Å². The third-order valence-electron chi connectivity index (χ3n) is 6.66. The quantitative estimate of drug-likeness (QED) is 0.758. The highest BCUT2D eigenvalue weighted by atomic mass is 16.5. The van der Waals surface area contributed by atoms with Gasteiger partial charge in [0.2, 0.25) is 5.91 Å². The van der Waals surface area contributed by atoms with E-state index in [0.29, 0.717) is 58.8 Å². The number of nitrogens with zero attached hydrogens (tertiary/aromatic N) is 4. The van der Waals surface area contributed by atoms with Gasteiger partial charge < -0.3 is 23.8 Å². The Labute approximate surface area is 172 Å². The molecule has 1 atom stereocenters. The van der Waals surface area contributed by atoms with E-state index < -0.39 is 11.7 Å². The molecule has 160 valence electrons. The second kappa shape index (κ2) is 8.44. The van der Waals surface area contributed by atoms with Gasteiger partial charge in [-0.1, -0.05) is 0 Å². The van der Waals surface area contributed by atoms with E-state index in [1.165, 1.54) is 0 Å². The number of likely N-dealkylation sites (tertiary alicyclic amines) is 1. The summed E-state index contributed by atoms with van der Waals surface area (Å²) in [7, 11) is 0. The lowest BCUT2D eigenvalue weighted by molar-refractivity contribution is -0.183. The van der Waals surface area contributed by atoms with Gasteiger partial charge in [0.1, 0.15) is 11.4 Å². The molecule has 0 aliphatic carbocycles. The van der Waals surface area contributed by atoms with E-state index in [4.69, 9.17) is 9.47 Å². The lowest BCUT2D eigenvalue weighted by Crippen LogP contribution is -2.55. The first-order valence-electron chi connectivity index (χ1n) is 10.9. The maximum Gasteiger partial charge on any atom is 0.253 e. The predicted octanol–water partition coefficient (Wildman–Crippen LogP) is 1.39. The van der Waals surface area contributed by atoms with Gasteiger partial charge in [0.15, 0.2) is 6.10 Å². The summed E-state index contributed by atoms with van der Waals surface area (Å²) in [6.07, 6.45) is 6.16. The summed E-state index contributed by atoms with van der Waals surface area (Å²) in [4.78, 5) is 34.3. The highest BCUT2D eigenvalue weighted by Crippen LogP contribution is 2.40. The minimum atomic E-state index is -0.596. The molecule has 0 radical (unpaired) electrons. The van der Waals surface area contributed by atoms with Crippen LogP contribution in [0, 0.1) is 5.92 Å². The minimum absolute atomic E-state index is 0.0365. The molecule has 3 aliphatic heterocycles. The standard InChI is InChI=1S/C21H32N4O4/c1-3-23(4-2)19(27)17-15-25-12-9-22-20(25)21(29-17)7-10-24(11-8-21)18(26)16-5-13-28-14-6-16/h9,12,16-17H,3-8,10-11,13-15H2,1-2H3. The molecule has 4 rings (SSSR count). The number of imidazole rings is 1. The van der Waals surface area contributed by atoms with Crippen LogP contribution in [-0.4, -0.2) is 76.7 Å². The number of amides is 2. The molecule has 0 aromatic carbocycles. The molecule has 2 amide bonds. The molecular formula is C21H32N4O4. The lowest BCUT2D eigenvalue weighted by Gasteiger charge is -2.46. The summed E-state index contributed by atoms with van der Waals surface area (Å²) < 4.78 is 13.9. The maximum absolute atomic E-state index is 13.0. The van der Waals surface area contributed by atoms with Crippen molar-refractivity contribution < 1.29 is 19.1 Å². The van der Waals surface area contributed by atoms with Crippen LogP contribution in [0.4, 0.5) is 0 Å². The molecule has 29 heavy (non-hydrogen) atoms. The largest absolute Gasteiger partial charge is 0.381 e. The Morgan fingerprint density at radius 3 is 2.55 bits per heavy atom. The molecule has 0 bridgehead atoms. The number of piperidine rings is 1. The van der Waals surface area contributed by atoms with Crippen LogP contribution >= 0.6 is 0 Å². The SMILES string of the molecule is CCN(CC)C(=O)C1Cn2ccnc2C2(CCN(C(=O)C3CCOCC3)CC2)O1. The van der Waals surface area contributed by atoms with Gasteiger partial charge in [-0.3, -0.25) is 9.59 Å². The summed E-state index contributed by atoms with van der Waals surface area (Å²) in [5.41, 5.74) is -0.596. The topological polar surface area (TPSA) is 76.9 Å². The molecule has 1 spiro atoms. The first-order chi connectivity index (χ1) is 14.1. The summed E-state index contributed by atoms with van der Waals surface area (Å²) in [6.45, 7) is 8.43.